The molecule has 8 heteroatoms. The fraction of sp³-hybridized carbons (Fsp3) is 0.750. The number of nitrogens with zero attached hydrogens (tertiary/aromatic N) is 1. The molecule has 16 heavy (non-hydrogen) atoms. The summed E-state index contributed by atoms with van der Waals surface area (Å²) in [6.07, 6.45) is -5.08. The van der Waals surface area contributed by atoms with Crippen LogP contribution in [0, 0.1) is 5.92 Å². The first kappa shape index (κ1) is 14.7. The molecule has 1 amide bonds. The molecular formula is C8H13F3N2O3. The number of alkyl halides is 3. The van der Waals surface area contributed by atoms with Gasteiger partial charge in [-0.3, -0.25) is 4.79 Å². The average Bonchev–Trinajstić information content (AvgIpc) is 1.99. The Hall–Kier alpha value is -1.31. The van der Waals surface area contributed by atoms with E-state index in [1.165, 1.54) is 0 Å². The van der Waals surface area contributed by atoms with Crippen molar-refractivity contribution in [2.75, 3.05) is 27.2 Å². The highest BCUT2D eigenvalue weighted by Crippen LogP contribution is 2.13. The number of hydrogen-bond acceptors (Lipinski definition) is 3. The van der Waals surface area contributed by atoms with E-state index in [0.29, 0.717) is 0 Å². The van der Waals surface area contributed by atoms with Gasteiger partial charge in [0.15, 0.2) is 0 Å². The summed E-state index contributed by atoms with van der Waals surface area (Å²) in [6.45, 7) is 1.72. The Balaban J connectivity index is 0.000000293. The highest BCUT2D eigenvalue weighted by molar-refractivity contribution is 5.79. The van der Waals surface area contributed by atoms with E-state index in [9.17, 15) is 18.0 Å². The number of amides is 1. The van der Waals surface area contributed by atoms with Crippen LogP contribution >= 0.6 is 0 Å². The fourth-order valence-electron chi connectivity index (χ4n) is 0.828. The first-order valence-corrected chi connectivity index (χ1v) is 4.38. The summed E-state index contributed by atoms with van der Waals surface area (Å²) in [5.41, 5.74) is 0. The summed E-state index contributed by atoms with van der Waals surface area (Å²) >= 11 is 0. The number of halogens is 3. The van der Waals surface area contributed by atoms with E-state index in [-0.39, 0.29) is 11.8 Å². The normalized spacial score (nSPS) is 15.6. The molecule has 0 spiro atoms. The molecular weight excluding hydrogens is 229 g/mol. The zero-order chi connectivity index (χ0) is 12.9. The van der Waals surface area contributed by atoms with Crippen LogP contribution in [-0.4, -0.2) is 55.2 Å². The summed E-state index contributed by atoms with van der Waals surface area (Å²) in [6, 6.07) is 0. The van der Waals surface area contributed by atoms with Gasteiger partial charge in [-0.1, -0.05) is 0 Å². The van der Waals surface area contributed by atoms with Crippen LogP contribution in [0.4, 0.5) is 13.2 Å². The van der Waals surface area contributed by atoms with Gasteiger partial charge in [0.1, 0.15) is 0 Å². The topological polar surface area (TPSA) is 69.6 Å². The summed E-state index contributed by atoms with van der Waals surface area (Å²) in [5.74, 6) is -2.26. The smallest absolute Gasteiger partial charge is 0.475 e. The van der Waals surface area contributed by atoms with Gasteiger partial charge in [-0.15, -0.1) is 0 Å². The van der Waals surface area contributed by atoms with Crippen molar-refractivity contribution in [2.45, 2.75) is 6.18 Å². The number of carbonyl (C=O) groups is 2. The van der Waals surface area contributed by atoms with E-state index in [2.05, 4.69) is 5.32 Å². The van der Waals surface area contributed by atoms with Crippen molar-refractivity contribution in [2.24, 2.45) is 5.92 Å². The lowest BCUT2D eigenvalue weighted by atomic mass is 10.0. The monoisotopic (exact) mass is 242 g/mol. The highest BCUT2D eigenvalue weighted by atomic mass is 19.4. The third-order valence-electron chi connectivity index (χ3n) is 1.81. The third-order valence-corrected chi connectivity index (χ3v) is 1.81. The molecule has 94 valence electrons. The van der Waals surface area contributed by atoms with E-state index in [0.717, 1.165) is 13.1 Å². The molecule has 0 saturated carbocycles. The first-order chi connectivity index (χ1) is 7.16. The Morgan fingerprint density at radius 3 is 1.75 bits per heavy atom. The Bertz CT molecular complexity index is 262. The second-order valence-corrected chi connectivity index (χ2v) is 3.39. The van der Waals surface area contributed by atoms with Gasteiger partial charge in [0.05, 0.1) is 5.92 Å². The van der Waals surface area contributed by atoms with Gasteiger partial charge in [0.25, 0.3) is 0 Å². The van der Waals surface area contributed by atoms with Gasteiger partial charge >= 0.3 is 12.1 Å². The van der Waals surface area contributed by atoms with Gasteiger partial charge in [0.2, 0.25) is 5.91 Å². The van der Waals surface area contributed by atoms with Crippen molar-refractivity contribution in [1.29, 1.82) is 0 Å². The van der Waals surface area contributed by atoms with Crippen LogP contribution < -0.4 is 5.32 Å². The van der Waals surface area contributed by atoms with E-state index in [1.807, 2.05) is 0 Å². The summed E-state index contributed by atoms with van der Waals surface area (Å²) in [5, 5.41) is 10.2. The predicted octanol–water partition coefficient (Wildman–Crippen LogP) is -0.0727. The summed E-state index contributed by atoms with van der Waals surface area (Å²) in [7, 11) is 3.58. The fourth-order valence-corrected chi connectivity index (χ4v) is 0.828. The maximum Gasteiger partial charge on any atom is 0.490 e. The lowest BCUT2D eigenvalue weighted by Gasteiger charge is -2.28. The molecule has 1 fully saturated rings. The molecule has 5 nitrogen and oxygen atoms in total. The molecule has 2 N–H and O–H groups in total. The van der Waals surface area contributed by atoms with Crippen LogP contribution in [-0.2, 0) is 9.59 Å². The molecule has 0 aromatic rings. The number of rotatable bonds is 1. The second-order valence-electron chi connectivity index (χ2n) is 3.39. The minimum absolute atomic E-state index is 0.244. The van der Waals surface area contributed by atoms with Crippen LogP contribution in [0.15, 0.2) is 0 Å². The number of nitrogens with one attached hydrogen (secondary N) is 1. The van der Waals surface area contributed by atoms with E-state index in [1.54, 1.807) is 19.0 Å². The van der Waals surface area contributed by atoms with Crippen molar-refractivity contribution < 1.29 is 27.9 Å². The van der Waals surface area contributed by atoms with Crippen molar-refractivity contribution >= 4 is 11.9 Å². The molecule has 1 heterocycles. The summed E-state index contributed by atoms with van der Waals surface area (Å²) < 4.78 is 31.7. The molecule has 0 atom stereocenters. The number of aliphatic carboxylic acids is 1. The van der Waals surface area contributed by atoms with Gasteiger partial charge in [-0.05, 0) is 0 Å². The van der Waals surface area contributed by atoms with Gasteiger partial charge in [0, 0.05) is 27.2 Å². The van der Waals surface area contributed by atoms with E-state index < -0.39 is 12.1 Å². The lowest BCUT2D eigenvalue weighted by molar-refractivity contribution is -0.192. The molecule has 0 aromatic carbocycles. The molecule has 0 unspecified atom stereocenters. The largest absolute Gasteiger partial charge is 0.490 e. The third kappa shape index (κ3) is 4.96. The van der Waals surface area contributed by atoms with Gasteiger partial charge in [-0.2, -0.15) is 13.2 Å². The van der Waals surface area contributed by atoms with Gasteiger partial charge < -0.3 is 15.3 Å². The number of carboxylic acids is 1. The molecule has 1 aliphatic heterocycles. The Morgan fingerprint density at radius 1 is 1.31 bits per heavy atom. The van der Waals surface area contributed by atoms with Crippen molar-refractivity contribution in [3.63, 3.8) is 0 Å². The average molecular weight is 242 g/mol. The minimum atomic E-state index is -5.08. The van der Waals surface area contributed by atoms with Crippen LogP contribution in [0.2, 0.25) is 0 Å². The number of hydrogen-bond donors (Lipinski definition) is 2. The van der Waals surface area contributed by atoms with Crippen LogP contribution in [0.1, 0.15) is 0 Å². The lowest BCUT2D eigenvalue weighted by Crippen LogP contribution is -2.50. The zero-order valence-corrected chi connectivity index (χ0v) is 8.84. The predicted molar refractivity (Wildman–Crippen MR) is 48.7 cm³/mol. The Labute approximate surface area is 90.2 Å². The number of carbonyl (C=O) groups excluding carboxylic acids is 1. The maximum absolute atomic E-state index is 11.0. The molecule has 0 aliphatic carbocycles. The van der Waals surface area contributed by atoms with Crippen molar-refractivity contribution in [3.05, 3.63) is 0 Å². The quantitative estimate of drug-likeness (QED) is 0.675. The van der Waals surface area contributed by atoms with Crippen LogP contribution in [0.3, 0.4) is 0 Å². The van der Waals surface area contributed by atoms with Crippen molar-refractivity contribution in [3.8, 4) is 0 Å². The van der Waals surface area contributed by atoms with Gasteiger partial charge in [-0.25, -0.2) is 4.79 Å². The Morgan fingerprint density at radius 2 is 1.69 bits per heavy atom. The van der Waals surface area contributed by atoms with Crippen LogP contribution in [0.25, 0.3) is 0 Å². The number of carboxylic acid groups (broad SMARTS) is 1. The maximum atomic E-state index is 11.0. The minimum Gasteiger partial charge on any atom is -0.475 e. The van der Waals surface area contributed by atoms with E-state index >= 15 is 0 Å². The highest BCUT2D eigenvalue weighted by Gasteiger charge is 2.38. The molecule has 1 rings (SSSR count). The first-order valence-electron chi connectivity index (χ1n) is 4.38. The molecule has 1 saturated heterocycles. The standard InChI is InChI=1S/C6H12N2O.C2HF3O2/c1-8(2)6(9)5-3-7-4-5;3-2(4,5)1(6)7/h5,7H,3-4H2,1-2H3;(H,6,7). The van der Waals surface area contributed by atoms with Crippen molar-refractivity contribution in [1.82, 2.24) is 10.2 Å². The molecule has 0 radical (unpaired) electrons. The summed E-state index contributed by atoms with van der Waals surface area (Å²) in [4.78, 5) is 21.6. The van der Waals surface area contributed by atoms with E-state index in [4.69, 9.17) is 9.90 Å². The molecule has 1 aliphatic rings. The van der Waals surface area contributed by atoms with Crippen LogP contribution in [0.5, 0.6) is 0 Å². The molecule has 0 bridgehead atoms. The Kier molecular flexibility index (Phi) is 5.22. The SMILES string of the molecule is CN(C)C(=O)C1CNC1.O=C(O)C(F)(F)F. The molecule has 0 aromatic heterocycles. The zero-order valence-electron chi connectivity index (χ0n) is 8.84. The second kappa shape index (κ2) is 5.69.